The van der Waals surface area contributed by atoms with Gasteiger partial charge in [0.15, 0.2) is 0 Å². The van der Waals surface area contributed by atoms with Crippen molar-refractivity contribution in [1.82, 2.24) is 10.2 Å². The molecule has 5 heteroatoms. The molecular formula is C14H19N3O2. The maximum absolute atomic E-state index is 12.2. The number of carbonyl (C=O) groups excluding carboxylic acids is 2. The second-order valence-electron chi connectivity index (χ2n) is 4.60. The van der Waals surface area contributed by atoms with Crippen LogP contribution in [0.25, 0.3) is 0 Å². The Morgan fingerprint density at radius 1 is 1.47 bits per heavy atom. The molecule has 1 aromatic carbocycles. The lowest BCUT2D eigenvalue weighted by Crippen LogP contribution is -2.43. The number of nitrogens with one attached hydrogen (secondary N) is 2. The Morgan fingerprint density at radius 2 is 2.21 bits per heavy atom. The van der Waals surface area contributed by atoms with E-state index in [4.69, 9.17) is 0 Å². The molecule has 19 heavy (non-hydrogen) atoms. The van der Waals surface area contributed by atoms with E-state index in [0.29, 0.717) is 13.1 Å². The van der Waals surface area contributed by atoms with Gasteiger partial charge in [-0.15, -0.1) is 0 Å². The Kier molecular flexibility index (Phi) is 4.04. The average Bonchev–Trinajstić information content (AvgIpc) is 2.84. The van der Waals surface area contributed by atoms with Crippen molar-refractivity contribution in [2.45, 2.75) is 26.3 Å². The Bertz CT molecular complexity index is 487. The lowest BCUT2D eigenvalue weighted by molar-refractivity contribution is -0.128. The number of anilines is 1. The Hall–Kier alpha value is -2.04. The first-order valence-electron chi connectivity index (χ1n) is 6.57. The fourth-order valence-electron chi connectivity index (χ4n) is 2.18. The SMILES string of the molecule is CCc1ccccc1N[C@H](C)C(=O)N1CCNC1=O. The summed E-state index contributed by atoms with van der Waals surface area (Å²) in [4.78, 5) is 24.9. The number of para-hydroxylation sites is 1. The van der Waals surface area contributed by atoms with Gasteiger partial charge < -0.3 is 10.6 Å². The molecule has 0 aromatic heterocycles. The molecule has 1 aliphatic rings. The minimum Gasteiger partial charge on any atom is -0.374 e. The van der Waals surface area contributed by atoms with E-state index in [1.807, 2.05) is 24.3 Å². The summed E-state index contributed by atoms with van der Waals surface area (Å²) in [5.41, 5.74) is 2.11. The summed E-state index contributed by atoms with van der Waals surface area (Å²) in [6.07, 6.45) is 0.897. The maximum atomic E-state index is 12.2. The third kappa shape index (κ3) is 2.86. The van der Waals surface area contributed by atoms with Gasteiger partial charge in [0.25, 0.3) is 5.91 Å². The zero-order valence-electron chi connectivity index (χ0n) is 11.3. The van der Waals surface area contributed by atoms with Crippen molar-refractivity contribution in [3.8, 4) is 0 Å². The van der Waals surface area contributed by atoms with Gasteiger partial charge in [0.1, 0.15) is 6.04 Å². The first kappa shape index (κ1) is 13.4. The van der Waals surface area contributed by atoms with E-state index in [2.05, 4.69) is 17.6 Å². The molecule has 2 rings (SSSR count). The molecule has 1 aliphatic heterocycles. The molecule has 1 aromatic rings. The highest BCUT2D eigenvalue weighted by Crippen LogP contribution is 2.17. The summed E-state index contributed by atoms with van der Waals surface area (Å²) < 4.78 is 0. The summed E-state index contributed by atoms with van der Waals surface area (Å²) in [6.45, 7) is 4.82. The molecule has 1 heterocycles. The van der Waals surface area contributed by atoms with E-state index in [-0.39, 0.29) is 11.9 Å². The van der Waals surface area contributed by atoms with Gasteiger partial charge in [0.2, 0.25) is 0 Å². The summed E-state index contributed by atoms with van der Waals surface area (Å²) in [7, 11) is 0. The topological polar surface area (TPSA) is 61.4 Å². The minimum atomic E-state index is -0.420. The van der Waals surface area contributed by atoms with Crippen LogP contribution in [0, 0.1) is 0 Å². The minimum absolute atomic E-state index is 0.194. The first-order chi connectivity index (χ1) is 9.13. The van der Waals surface area contributed by atoms with E-state index in [1.54, 1.807) is 6.92 Å². The highest BCUT2D eigenvalue weighted by atomic mass is 16.2. The first-order valence-corrected chi connectivity index (χ1v) is 6.57. The number of urea groups is 1. The van der Waals surface area contributed by atoms with Gasteiger partial charge in [0, 0.05) is 18.8 Å². The van der Waals surface area contributed by atoms with E-state index < -0.39 is 6.04 Å². The van der Waals surface area contributed by atoms with Crippen molar-refractivity contribution < 1.29 is 9.59 Å². The van der Waals surface area contributed by atoms with Crippen LogP contribution >= 0.6 is 0 Å². The Balaban J connectivity index is 2.06. The van der Waals surface area contributed by atoms with Crippen molar-refractivity contribution in [1.29, 1.82) is 0 Å². The van der Waals surface area contributed by atoms with Crippen molar-refractivity contribution >= 4 is 17.6 Å². The Labute approximate surface area is 113 Å². The molecule has 2 N–H and O–H groups in total. The summed E-state index contributed by atoms with van der Waals surface area (Å²) >= 11 is 0. The lowest BCUT2D eigenvalue weighted by atomic mass is 10.1. The van der Waals surface area contributed by atoms with E-state index in [9.17, 15) is 9.59 Å². The van der Waals surface area contributed by atoms with Gasteiger partial charge in [-0.1, -0.05) is 25.1 Å². The molecule has 5 nitrogen and oxygen atoms in total. The standard InChI is InChI=1S/C14H19N3O2/c1-3-11-6-4-5-7-12(11)16-10(2)13(18)17-9-8-15-14(17)19/h4-7,10,16H,3,8-9H2,1-2H3,(H,15,19)/t10-/m1/s1. The third-order valence-electron chi connectivity index (χ3n) is 3.26. The van der Waals surface area contributed by atoms with Gasteiger partial charge in [-0.25, -0.2) is 4.79 Å². The number of nitrogens with zero attached hydrogens (tertiary/aromatic N) is 1. The normalized spacial score (nSPS) is 16.1. The number of benzene rings is 1. The lowest BCUT2D eigenvalue weighted by Gasteiger charge is -2.21. The maximum Gasteiger partial charge on any atom is 0.324 e. The summed E-state index contributed by atoms with van der Waals surface area (Å²) in [6, 6.07) is 7.17. The van der Waals surface area contributed by atoms with Crippen LogP contribution in [0.1, 0.15) is 19.4 Å². The molecule has 1 fully saturated rings. The van der Waals surface area contributed by atoms with Crippen molar-refractivity contribution in [2.24, 2.45) is 0 Å². The Morgan fingerprint density at radius 3 is 2.84 bits per heavy atom. The molecule has 1 saturated heterocycles. The van der Waals surface area contributed by atoms with Crippen LogP contribution in [0.4, 0.5) is 10.5 Å². The van der Waals surface area contributed by atoms with Gasteiger partial charge in [-0.2, -0.15) is 0 Å². The molecule has 0 radical (unpaired) electrons. The number of imide groups is 1. The van der Waals surface area contributed by atoms with Gasteiger partial charge >= 0.3 is 6.03 Å². The third-order valence-corrected chi connectivity index (χ3v) is 3.26. The highest BCUT2D eigenvalue weighted by Gasteiger charge is 2.29. The van der Waals surface area contributed by atoms with Crippen LogP contribution < -0.4 is 10.6 Å². The van der Waals surface area contributed by atoms with Crippen LogP contribution in [-0.4, -0.2) is 36.0 Å². The van der Waals surface area contributed by atoms with E-state index in [0.717, 1.165) is 17.7 Å². The number of rotatable bonds is 4. The van der Waals surface area contributed by atoms with Crippen LogP contribution in [0.3, 0.4) is 0 Å². The van der Waals surface area contributed by atoms with Crippen molar-refractivity contribution in [3.63, 3.8) is 0 Å². The average molecular weight is 261 g/mol. The fourth-order valence-corrected chi connectivity index (χ4v) is 2.18. The summed E-state index contributed by atoms with van der Waals surface area (Å²) in [5, 5.41) is 5.82. The van der Waals surface area contributed by atoms with Crippen molar-refractivity contribution in [2.75, 3.05) is 18.4 Å². The molecule has 102 valence electrons. The molecule has 0 aliphatic carbocycles. The second kappa shape index (κ2) is 5.73. The largest absolute Gasteiger partial charge is 0.374 e. The van der Waals surface area contributed by atoms with E-state index >= 15 is 0 Å². The molecular weight excluding hydrogens is 242 g/mol. The van der Waals surface area contributed by atoms with Crippen molar-refractivity contribution in [3.05, 3.63) is 29.8 Å². The predicted molar refractivity (Wildman–Crippen MR) is 74.0 cm³/mol. The van der Waals surface area contributed by atoms with Crippen LogP contribution in [0.15, 0.2) is 24.3 Å². The molecule has 3 amide bonds. The number of aryl methyl sites for hydroxylation is 1. The van der Waals surface area contributed by atoms with Crippen LogP contribution in [0.5, 0.6) is 0 Å². The van der Waals surface area contributed by atoms with Gasteiger partial charge in [-0.3, -0.25) is 9.69 Å². The fraction of sp³-hybridized carbons (Fsp3) is 0.429. The number of carbonyl (C=O) groups is 2. The van der Waals surface area contributed by atoms with Gasteiger partial charge in [-0.05, 0) is 25.0 Å². The van der Waals surface area contributed by atoms with Gasteiger partial charge in [0.05, 0.1) is 0 Å². The molecule has 0 bridgehead atoms. The smallest absolute Gasteiger partial charge is 0.324 e. The van der Waals surface area contributed by atoms with E-state index in [1.165, 1.54) is 4.90 Å². The zero-order valence-corrected chi connectivity index (χ0v) is 11.3. The predicted octanol–water partition coefficient (Wildman–Crippen LogP) is 1.60. The molecule has 0 spiro atoms. The molecule has 0 unspecified atom stereocenters. The van der Waals surface area contributed by atoms with Crippen LogP contribution in [-0.2, 0) is 11.2 Å². The number of hydrogen-bond acceptors (Lipinski definition) is 3. The summed E-state index contributed by atoms with van der Waals surface area (Å²) in [5.74, 6) is -0.194. The number of amides is 3. The number of hydrogen-bond donors (Lipinski definition) is 2. The zero-order chi connectivity index (χ0) is 13.8. The quantitative estimate of drug-likeness (QED) is 0.865. The second-order valence-corrected chi connectivity index (χ2v) is 4.60. The molecule has 0 saturated carbocycles. The molecule has 1 atom stereocenters. The highest BCUT2D eigenvalue weighted by molar-refractivity contribution is 5.99. The monoisotopic (exact) mass is 261 g/mol. The van der Waals surface area contributed by atoms with Crippen LogP contribution in [0.2, 0.25) is 0 Å².